The highest BCUT2D eigenvalue weighted by molar-refractivity contribution is 4.94. The standard InChI is InChI=1S/C8H16N2/c1-10-5-6-2-3-8(10)7(9)4-6/h6-8H,2-5,9H2,1H3. The summed E-state index contributed by atoms with van der Waals surface area (Å²) in [6.45, 7) is 1.29. The van der Waals surface area contributed by atoms with E-state index in [2.05, 4.69) is 11.9 Å². The van der Waals surface area contributed by atoms with Crippen LogP contribution in [0.2, 0.25) is 0 Å². The summed E-state index contributed by atoms with van der Waals surface area (Å²) < 4.78 is 0. The number of nitrogens with zero attached hydrogens (tertiary/aromatic N) is 1. The molecule has 1 aliphatic carbocycles. The van der Waals surface area contributed by atoms with Crippen molar-refractivity contribution in [1.29, 1.82) is 0 Å². The number of piperidine rings is 2. The molecule has 2 nitrogen and oxygen atoms in total. The average Bonchev–Trinajstić information content (AvgIpc) is 1.86. The number of hydrogen-bond acceptors (Lipinski definition) is 2. The summed E-state index contributed by atoms with van der Waals surface area (Å²) >= 11 is 0. The summed E-state index contributed by atoms with van der Waals surface area (Å²) in [4.78, 5) is 2.43. The second kappa shape index (κ2) is 2.21. The normalized spacial score (nSPS) is 48.0. The molecule has 0 spiro atoms. The fourth-order valence-corrected chi connectivity index (χ4v) is 2.54. The highest BCUT2D eigenvalue weighted by atomic mass is 15.2. The van der Waals surface area contributed by atoms with Gasteiger partial charge < -0.3 is 10.6 Å². The van der Waals surface area contributed by atoms with Gasteiger partial charge in [-0.05, 0) is 32.2 Å². The minimum absolute atomic E-state index is 0.470. The van der Waals surface area contributed by atoms with Gasteiger partial charge in [0.25, 0.3) is 0 Å². The summed E-state index contributed by atoms with van der Waals surface area (Å²) in [5, 5.41) is 0. The molecule has 0 aromatic heterocycles. The van der Waals surface area contributed by atoms with E-state index in [1.54, 1.807) is 0 Å². The molecule has 2 saturated heterocycles. The van der Waals surface area contributed by atoms with Crippen molar-refractivity contribution >= 4 is 0 Å². The Morgan fingerprint density at radius 2 is 2.20 bits per heavy atom. The minimum Gasteiger partial charge on any atom is -0.326 e. The summed E-state index contributed by atoms with van der Waals surface area (Å²) in [5.74, 6) is 0.907. The Hall–Kier alpha value is -0.0800. The van der Waals surface area contributed by atoms with Crippen molar-refractivity contribution < 1.29 is 0 Å². The molecule has 1 saturated carbocycles. The maximum absolute atomic E-state index is 5.97. The molecule has 0 amide bonds. The van der Waals surface area contributed by atoms with Gasteiger partial charge in [-0.25, -0.2) is 0 Å². The van der Waals surface area contributed by atoms with Crippen LogP contribution in [0.1, 0.15) is 19.3 Å². The van der Waals surface area contributed by atoms with E-state index in [0.717, 1.165) is 5.92 Å². The molecule has 2 aliphatic heterocycles. The lowest BCUT2D eigenvalue weighted by Crippen LogP contribution is -2.57. The van der Waals surface area contributed by atoms with E-state index in [1.807, 2.05) is 0 Å². The number of hydrogen-bond donors (Lipinski definition) is 1. The van der Waals surface area contributed by atoms with Gasteiger partial charge in [0.15, 0.2) is 0 Å². The Labute approximate surface area is 62.4 Å². The van der Waals surface area contributed by atoms with Gasteiger partial charge in [-0.15, -0.1) is 0 Å². The van der Waals surface area contributed by atoms with Gasteiger partial charge in [0.1, 0.15) is 0 Å². The molecule has 2 N–H and O–H groups in total. The van der Waals surface area contributed by atoms with E-state index < -0.39 is 0 Å². The average molecular weight is 140 g/mol. The third kappa shape index (κ3) is 0.867. The highest BCUT2D eigenvalue weighted by Crippen LogP contribution is 2.32. The van der Waals surface area contributed by atoms with Crippen LogP contribution in [-0.2, 0) is 0 Å². The van der Waals surface area contributed by atoms with Crippen molar-refractivity contribution in [2.24, 2.45) is 11.7 Å². The van der Waals surface area contributed by atoms with Gasteiger partial charge >= 0.3 is 0 Å². The summed E-state index contributed by atoms with van der Waals surface area (Å²) in [6.07, 6.45) is 4.03. The van der Waals surface area contributed by atoms with Crippen molar-refractivity contribution in [2.45, 2.75) is 31.3 Å². The largest absolute Gasteiger partial charge is 0.326 e. The first-order chi connectivity index (χ1) is 4.77. The number of likely N-dealkylation sites (N-methyl/N-ethyl adjacent to an activating group) is 1. The Balaban J connectivity index is 2.11. The van der Waals surface area contributed by atoms with Crippen LogP contribution in [0, 0.1) is 5.92 Å². The van der Waals surface area contributed by atoms with E-state index in [1.165, 1.54) is 25.8 Å². The van der Waals surface area contributed by atoms with E-state index in [9.17, 15) is 0 Å². The zero-order chi connectivity index (χ0) is 7.14. The van der Waals surface area contributed by atoms with Gasteiger partial charge in [0.2, 0.25) is 0 Å². The van der Waals surface area contributed by atoms with Crippen molar-refractivity contribution in [3.63, 3.8) is 0 Å². The molecular weight excluding hydrogens is 124 g/mol. The molecular formula is C8H16N2. The second-order valence-electron chi connectivity index (χ2n) is 3.85. The summed E-state index contributed by atoms with van der Waals surface area (Å²) in [6, 6.07) is 1.17. The first kappa shape index (κ1) is 6.62. The summed E-state index contributed by atoms with van der Waals surface area (Å²) in [7, 11) is 2.20. The molecule has 2 heteroatoms. The predicted octanol–water partition coefficient (Wildman–Crippen LogP) is 0.428. The molecule has 10 heavy (non-hydrogen) atoms. The molecule has 3 rings (SSSR count). The Morgan fingerprint density at radius 1 is 1.40 bits per heavy atom. The van der Waals surface area contributed by atoms with Gasteiger partial charge in [0, 0.05) is 18.6 Å². The van der Waals surface area contributed by atoms with E-state index in [-0.39, 0.29) is 0 Å². The molecule has 2 heterocycles. The molecule has 3 fully saturated rings. The van der Waals surface area contributed by atoms with Crippen LogP contribution in [-0.4, -0.2) is 30.6 Å². The molecule has 0 aromatic rings. The van der Waals surface area contributed by atoms with E-state index in [4.69, 9.17) is 5.73 Å². The van der Waals surface area contributed by atoms with Crippen molar-refractivity contribution in [1.82, 2.24) is 4.90 Å². The number of nitrogens with two attached hydrogens (primary N) is 1. The van der Waals surface area contributed by atoms with E-state index in [0.29, 0.717) is 12.1 Å². The van der Waals surface area contributed by atoms with Crippen LogP contribution in [0.15, 0.2) is 0 Å². The fraction of sp³-hybridized carbons (Fsp3) is 1.00. The molecule has 3 unspecified atom stereocenters. The van der Waals surface area contributed by atoms with E-state index >= 15 is 0 Å². The van der Waals surface area contributed by atoms with Crippen molar-refractivity contribution in [3.8, 4) is 0 Å². The van der Waals surface area contributed by atoms with Crippen LogP contribution in [0.3, 0.4) is 0 Å². The molecule has 2 bridgehead atoms. The van der Waals surface area contributed by atoms with Gasteiger partial charge in [-0.1, -0.05) is 0 Å². The maximum Gasteiger partial charge on any atom is 0.0244 e. The minimum atomic E-state index is 0.470. The smallest absolute Gasteiger partial charge is 0.0244 e. The monoisotopic (exact) mass is 140 g/mol. The number of fused-ring (bicyclic) bond motifs is 3. The molecule has 0 aromatic carbocycles. The van der Waals surface area contributed by atoms with Gasteiger partial charge in [-0.3, -0.25) is 0 Å². The van der Waals surface area contributed by atoms with Crippen LogP contribution < -0.4 is 5.73 Å². The lowest BCUT2D eigenvalue weighted by Gasteiger charge is -2.47. The lowest BCUT2D eigenvalue weighted by atomic mass is 9.77. The number of rotatable bonds is 0. The quantitative estimate of drug-likeness (QED) is 0.528. The SMILES string of the molecule is CN1CC2CCC1C(N)C2. The van der Waals surface area contributed by atoms with Crippen LogP contribution in [0.4, 0.5) is 0 Å². The second-order valence-corrected chi connectivity index (χ2v) is 3.85. The Bertz CT molecular complexity index is 123. The lowest BCUT2D eigenvalue weighted by molar-refractivity contribution is 0.0542. The molecule has 0 radical (unpaired) electrons. The highest BCUT2D eigenvalue weighted by Gasteiger charge is 2.36. The first-order valence-corrected chi connectivity index (χ1v) is 4.23. The van der Waals surface area contributed by atoms with Crippen LogP contribution in [0.5, 0.6) is 0 Å². The third-order valence-corrected chi connectivity index (χ3v) is 3.08. The zero-order valence-electron chi connectivity index (χ0n) is 6.59. The van der Waals surface area contributed by atoms with Gasteiger partial charge in [-0.2, -0.15) is 0 Å². The zero-order valence-corrected chi connectivity index (χ0v) is 6.59. The van der Waals surface area contributed by atoms with Crippen LogP contribution in [0.25, 0.3) is 0 Å². The van der Waals surface area contributed by atoms with Gasteiger partial charge in [0.05, 0.1) is 0 Å². The Kier molecular flexibility index (Phi) is 1.46. The summed E-state index contributed by atoms with van der Waals surface area (Å²) in [5.41, 5.74) is 5.97. The first-order valence-electron chi connectivity index (χ1n) is 4.23. The molecule has 3 aliphatic rings. The van der Waals surface area contributed by atoms with Crippen LogP contribution >= 0.6 is 0 Å². The maximum atomic E-state index is 5.97. The fourth-order valence-electron chi connectivity index (χ4n) is 2.54. The van der Waals surface area contributed by atoms with Crippen molar-refractivity contribution in [2.75, 3.05) is 13.6 Å². The van der Waals surface area contributed by atoms with Crippen molar-refractivity contribution in [3.05, 3.63) is 0 Å². The third-order valence-electron chi connectivity index (χ3n) is 3.08. The topological polar surface area (TPSA) is 29.3 Å². The predicted molar refractivity (Wildman–Crippen MR) is 41.7 cm³/mol. The molecule has 3 atom stereocenters. The molecule has 58 valence electrons. The Morgan fingerprint density at radius 3 is 2.60 bits per heavy atom.